The third kappa shape index (κ3) is 4.36. The highest BCUT2D eigenvalue weighted by atomic mass is 19.2. The average molecular weight is 247 g/mol. The van der Waals surface area contributed by atoms with Gasteiger partial charge in [-0.25, -0.2) is 13.2 Å². The maximum Gasteiger partial charge on any atom is 0.161 e. The van der Waals surface area contributed by atoms with Crippen LogP contribution in [0, 0.1) is 23.4 Å². The molecule has 0 amide bonds. The molecule has 1 atom stereocenters. The van der Waals surface area contributed by atoms with E-state index < -0.39 is 17.5 Å². The van der Waals surface area contributed by atoms with Crippen molar-refractivity contribution in [3.8, 4) is 0 Å². The number of benzene rings is 1. The minimum absolute atomic E-state index is 0.0973. The lowest BCUT2D eigenvalue weighted by atomic mass is 10.1. The fourth-order valence-electron chi connectivity index (χ4n) is 1.47. The first-order valence-electron chi connectivity index (χ1n) is 5.49. The molecule has 0 aliphatic heterocycles. The van der Waals surface area contributed by atoms with Crippen LogP contribution < -0.4 is 5.32 Å². The van der Waals surface area contributed by atoms with E-state index in [1.807, 2.05) is 6.92 Å². The molecule has 0 saturated carbocycles. The van der Waals surface area contributed by atoms with Gasteiger partial charge >= 0.3 is 0 Å². The highest BCUT2D eigenvalue weighted by Crippen LogP contribution is 2.13. The average Bonchev–Trinajstić information content (AvgIpc) is 2.26. The summed E-state index contributed by atoms with van der Waals surface area (Å²) in [6.07, 6.45) is 0.646. The number of rotatable bonds is 6. The van der Waals surface area contributed by atoms with Crippen molar-refractivity contribution >= 4 is 0 Å². The topological polar surface area (TPSA) is 32.3 Å². The largest absolute Gasteiger partial charge is 0.396 e. The van der Waals surface area contributed by atoms with E-state index in [0.717, 1.165) is 6.07 Å². The van der Waals surface area contributed by atoms with Crippen molar-refractivity contribution in [2.75, 3.05) is 13.2 Å². The molecule has 0 radical (unpaired) electrons. The van der Waals surface area contributed by atoms with Gasteiger partial charge in [0.2, 0.25) is 0 Å². The summed E-state index contributed by atoms with van der Waals surface area (Å²) in [6.45, 7) is 2.75. The van der Waals surface area contributed by atoms with Crippen LogP contribution in [0.4, 0.5) is 13.2 Å². The van der Waals surface area contributed by atoms with Gasteiger partial charge in [-0.2, -0.15) is 0 Å². The Morgan fingerprint density at radius 1 is 1.18 bits per heavy atom. The molecule has 0 saturated heterocycles. The van der Waals surface area contributed by atoms with Gasteiger partial charge in [-0.3, -0.25) is 0 Å². The molecule has 1 unspecified atom stereocenters. The van der Waals surface area contributed by atoms with Gasteiger partial charge in [0.15, 0.2) is 11.6 Å². The number of nitrogens with one attached hydrogen (secondary N) is 1. The Bertz CT molecular complexity index is 371. The lowest BCUT2D eigenvalue weighted by Crippen LogP contribution is -2.22. The second-order valence-corrected chi connectivity index (χ2v) is 4.11. The van der Waals surface area contributed by atoms with E-state index in [2.05, 4.69) is 5.32 Å². The van der Waals surface area contributed by atoms with Crippen LogP contribution in [0.3, 0.4) is 0 Å². The first-order chi connectivity index (χ1) is 8.04. The van der Waals surface area contributed by atoms with Crippen LogP contribution in [0.2, 0.25) is 0 Å². The number of hydrogen-bond donors (Lipinski definition) is 2. The maximum atomic E-state index is 13.2. The molecule has 96 valence electrons. The predicted octanol–water partition coefficient (Wildman–Crippen LogP) is 2.21. The molecule has 0 bridgehead atoms. The third-order valence-electron chi connectivity index (χ3n) is 2.52. The van der Waals surface area contributed by atoms with E-state index in [1.54, 1.807) is 0 Å². The predicted molar refractivity (Wildman–Crippen MR) is 58.9 cm³/mol. The monoisotopic (exact) mass is 247 g/mol. The molecule has 2 nitrogen and oxygen atoms in total. The molecule has 0 spiro atoms. The van der Waals surface area contributed by atoms with Gasteiger partial charge in [0, 0.05) is 24.8 Å². The zero-order valence-corrected chi connectivity index (χ0v) is 9.64. The van der Waals surface area contributed by atoms with Crippen LogP contribution >= 0.6 is 0 Å². The van der Waals surface area contributed by atoms with Crippen molar-refractivity contribution < 1.29 is 18.3 Å². The summed E-state index contributed by atoms with van der Waals surface area (Å²) in [7, 11) is 0. The van der Waals surface area contributed by atoms with Crippen LogP contribution in [0.5, 0.6) is 0 Å². The van der Waals surface area contributed by atoms with Gasteiger partial charge in [0.25, 0.3) is 0 Å². The van der Waals surface area contributed by atoms with Crippen LogP contribution in [-0.2, 0) is 6.54 Å². The van der Waals surface area contributed by atoms with Gasteiger partial charge in [0.05, 0.1) is 0 Å². The van der Waals surface area contributed by atoms with Gasteiger partial charge in [0.1, 0.15) is 5.82 Å². The highest BCUT2D eigenvalue weighted by Gasteiger charge is 2.09. The summed E-state index contributed by atoms with van der Waals surface area (Å²) >= 11 is 0. The van der Waals surface area contributed by atoms with Crippen molar-refractivity contribution in [3.63, 3.8) is 0 Å². The van der Waals surface area contributed by atoms with Crippen molar-refractivity contribution in [2.45, 2.75) is 19.9 Å². The molecular weight excluding hydrogens is 231 g/mol. The highest BCUT2D eigenvalue weighted by molar-refractivity contribution is 5.19. The van der Waals surface area contributed by atoms with Crippen LogP contribution in [0.1, 0.15) is 18.9 Å². The van der Waals surface area contributed by atoms with Crippen LogP contribution in [0.15, 0.2) is 12.1 Å². The van der Waals surface area contributed by atoms with Crippen molar-refractivity contribution in [1.29, 1.82) is 0 Å². The number of aliphatic hydroxyl groups excluding tert-OH is 1. The molecule has 2 N–H and O–H groups in total. The molecule has 1 aromatic rings. The lowest BCUT2D eigenvalue weighted by Gasteiger charge is -2.11. The Hall–Kier alpha value is -1.07. The van der Waals surface area contributed by atoms with Crippen LogP contribution in [-0.4, -0.2) is 18.3 Å². The lowest BCUT2D eigenvalue weighted by molar-refractivity contribution is 0.260. The maximum absolute atomic E-state index is 13.2. The van der Waals surface area contributed by atoms with Crippen LogP contribution in [0.25, 0.3) is 0 Å². The Labute approximate surface area is 98.5 Å². The van der Waals surface area contributed by atoms with E-state index in [-0.39, 0.29) is 24.6 Å². The van der Waals surface area contributed by atoms with Gasteiger partial charge in [-0.15, -0.1) is 0 Å². The first-order valence-corrected chi connectivity index (χ1v) is 5.49. The summed E-state index contributed by atoms with van der Waals surface area (Å²) < 4.78 is 38.7. The molecule has 0 aliphatic rings. The summed E-state index contributed by atoms with van der Waals surface area (Å²) in [4.78, 5) is 0. The van der Waals surface area contributed by atoms with Crippen molar-refractivity contribution in [2.24, 2.45) is 5.92 Å². The second kappa shape index (κ2) is 6.61. The summed E-state index contributed by atoms with van der Waals surface area (Å²) in [5.41, 5.74) is 0.0973. The molecule has 1 rings (SSSR count). The van der Waals surface area contributed by atoms with Gasteiger partial charge < -0.3 is 10.4 Å². The zero-order valence-electron chi connectivity index (χ0n) is 9.64. The van der Waals surface area contributed by atoms with Crippen molar-refractivity contribution in [3.05, 3.63) is 35.1 Å². The second-order valence-electron chi connectivity index (χ2n) is 4.11. The molecule has 1 aromatic carbocycles. The summed E-state index contributed by atoms with van der Waals surface area (Å²) in [5, 5.41) is 11.6. The standard InChI is InChI=1S/C12H16F3NO/c1-8(2-3-17)6-16-7-9-4-11(14)12(15)5-10(9)13/h4-5,8,16-17H,2-3,6-7H2,1H3. The quantitative estimate of drug-likeness (QED) is 0.755. The fourth-order valence-corrected chi connectivity index (χ4v) is 1.47. The van der Waals surface area contributed by atoms with E-state index in [4.69, 9.17) is 5.11 Å². The molecule has 0 aliphatic carbocycles. The molecule has 0 aromatic heterocycles. The van der Waals surface area contributed by atoms with Crippen molar-refractivity contribution in [1.82, 2.24) is 5.32 Å². The van der Waals surface area contributed by atoms with E-state index in [9.17, 15) is 13.2 Å². The molecule has 5 heteroatoms. The molecule has 0 fully saturated rings. The first kappa shape index (κ1) is 14.0. The number of hydrogen-bond acceptors (Lipinski definition) is 2. The zero-order chi connectivity index (χ0) is 12.8. The normalized spacial score (nSPS) is 12.8. The van der Waals surface area contributed by atoms with E-state index in [0.29, 0.717) is 19.0 Å². The summed E-state index contributed by atoms with van der Waals surface area (Å²) in [5.74, 6) is -2.74. The molecule has 0 heterocycles. The fraction of sp³-hybridized carbons (Fsp3) is 0.500. The van der Waals surface area contributed by atoms with E-state index >= 15 is 0 Å². The smallest absolute Gasteiger partial charge is 0.161 e. The summed E-state index contributed by atoms with van der Waals surface area (Å²) in [6, 6.07) is 1.40. The molecular formula is C12H16F3NO. The van der Waals surface area contributed by atoms with Gasteiger partial charge in [-0.05, 0) is 24.9 Å². The Morgan fingerprint density at radius 3 is 2.47 bits per heavy atom. The number of aliphatic hydroxyl groups is 1. The third-order valence-corrected chi connectivity index (χ3v) is 2.52. The SMILES string of the molecule is CC(CCO)CNCc1cc(F)c(F)cc1F. The Balaban J connectivity index is 2.49. The molecule has 17 heavy (non-hydrogen) atoms. The minimum atomic E-state index is -1.18. The number of halogens is 3. The van der Waals surface area contributed by atoms with Gasteiger partial charge in [-0.1, -0.05) is 6.92 Å². The Morgan fingerprint density at radius 2 is 1.82 bits per heavy atom. The Kier molecular flexibility index (Phi) is 5.44. The minimum Gasteiger partial charge on any atom is -0.396 e. The van der Waals surface area contributed by atoms with E-state index in [1.165, 1.54) is 0 Å².